The maximum atomic E-state index is 13.1. The summed E-state index contributed by atoms with van der Waals surface area (Å²) in [4.78, 5) is 12.2. The fraction of sp³-hybridized carbons (Fsp3) is 0.133. The van der Waals surface area contributed by atoms with E-state index < -0.39 is 5.82 Å². The lowest BCUT2D eigenvalue weighted by atomic mass is 10.2. The Balaban J connectivity index is 1.73. The van der Waals surface area contributed by atoms with Crippen molar-refractivity contribution in [2.45, 2.75) is 6.54 Å². The number of rotatable bonds is 4. The van der Waals surface area contributed by atoms with Crippen molar-refractivity contribution in [2.24, 2.45) is 7.05 Å². The fourth-order valence-corrected chi connectivity index (χ4v) is 2.67. The number of carbonyl (C=O) groups excluding carboxylic acids is 1. The molecule has 0 unspecified atom stereocenters. The van der Waals surface area contributed by atoms with E-state index in [0.29, 0.717) is 22.8 Å². The molecule has 1 amide bonds. The minimum absolute atomic E-state index is 0.256. The number of amides is 1. The molecule has 0 aliphatic heterocycles. The van der Waals surface area contributed by atoms with E-state index in [0.717, 1.165) is 0 Å². The Labute approximate surface area is 146 Å². The van der Waals surface area contributed by atoms with E-state index in [1.54, 1.807) is 24.0 Å². The van der Waals surface area contributed by atoms with Crippen LogP contribution in [0.5, 0.6) is 0 Å². The zero-order valence-corrected chi connectivity index (χ0v) is 14.0. The molecule has 124 valence electrons. The van der Waals surface area contributed by atoms with Gasteiger partial charge in [-0.25, -0.2) is 4.39 Å². The van der Waals surface area contributed by atoms with Crippen molar-refractivity contribution in [3.05, 3.63) is 63.9 Å². The largest absolute Gasteiger partial charge is 0.318 e. The number of hydrogen-bond acceptors (Lipinski definition) is 3. The number of benzene rings is 1. The van der Waals surface area contributed by atoms with Gasteiger partial charge in [-0.1, -0.05) is 29.3 Å². The van der Waals surface area contributed by atoms with Crippen LogP contribution in [0.15, 0.2) is 36.8 Å². The quantitative estimate of drug-likeness (QED) is 0.768. The highest BCUT2D eigenvalue weighted by Gasteiger charge is 2.16. The number of aryl methyl sites for hydroxylation is 1. The van der Waals surface area contributed by atoms with E-state index in [1.165, 1.54) is 29.2 Å². The Morgan fingerprint density at radius 3 is 2.71 bits per heavy atom. The Bertz CT molecular complexity index is 886. The molecule has 2 heterocycles. The van der Waals surface area contributed by atoms with Crippen LogP contribution in [0.4, 0.5) is 10.1 Å². The van der Waals surface area contributed by atoms with Crippen LogP contribution in [0.1, 0.15) is 16.1 Å². The molecule has 0 radical (unpaired) electrons. The zero-order valence-electron chi connectivity index (χ0n) is 12.5. The highest BCUT2D eigenvalue weighted by Crippen LogP contribution is 2.19. The standard InChI is InChI=1S/C15H12Cl2FN5O/c1-22-14(13(17)6-19-22)15(24)21-11-5-20-23(8-11)7-9-2-3-10(18)4-12(9)16/h2-6,8H,7H2,1H3,(H,21,24). The third-order valence-corrected chi connectivity index (χ3v) is 3.98. The normalized spacial score (nSPS) is 10.8. The van der Waals surface area contributed by atoms with Gasteiger partial charge in [0.1, 0.15) is 11.5 Å². The van der Waals surface area contributed by atoms with Crippen LogP contribution in [-0.2, 0) is 13.6 Å². The first-order valence-electron chi connectivity index (χ1n) is 6.89. The van der Waals surface area contributed by atoms with E-state index in [-0.39, 0.29) is 16.6 Å². The Morgan fingerprint density at radius 1 is 1.25 bits per heavy atom. The summed E-state index contributed by atoms with van der Waals surface area (Å²) >= 11 is 11.9. The predicted molar refractivity (Wildman–Crippen MR) is 88.9 cm³/mol. The summed E-state index contributed by atoms with van der Waals surface area (Å²) in [6, 6.07) is 4.16. The second-order valence-electron chi connectivity index (χ2n) is 5.08. The molecule has 3 rings (SSSR count). The number of aromatic nitrogens is 4. The monoisotopic (exact) mass is 367 g/mol. The topological polar surface area (TPSA) is 64.7 Å². The summed E-state index contributed by atoms with van der Waals surface area (Å²) in [5.74, 6) is -0.787. The highest BCUT2D eigenvalue weighted by molar-refractivity contribution is 6.34. The number of nitrogens with zero attached hydrogens (tertiary/aromatic N) is 4. The summed E-state index contributed by atoms with van der Waals surface area (Å²) in [6.07, 6.45) is 4.54. The first kappa shape index (κ1) is 16.5. The van der Waals surface area contributed by atoms with Gasteiger partial charge in [-0.15, -0.1) is 0 Å². The van der Waals surface area contributed by atoms with E-state index >= 15 is 0 Å². The van der Waals surface area contributed by atoms with Gasteiger partial charge in [-0.2, -0.15) is 10.2 Å². The third-order valence-electron chi connectivity index (χ3n) is 3.35. The van der Waals surface area contributed by atoms with Gasteiger partial charge in [0, 0.05) is 18.3 Å². The highest BCUT2D eigenvalue weighted by atomic mass is 35.5. The van der Waals surface area contributed by atoms with E-state index in [9.17, 15) is 9.18 Å². The average molecular weight is 368 g/mol. The van der Waals surface area contributed by atoms with Crippen molar-refractivity contribution in [3.63, 3.8) is 0 Å². The molecule has 1 N–H and O–H groups in total. The number of hydrogen-bond donors (Lipinski definition) is 1. The van der Waals surface area contributed by atoms with Crippen LogP contribution in [0, 0.1) is 5.82 Å². The maximum absolute atomic E-state index is 13.1. The summed E-state index contributed by atoms with van der Waals surface area (Å²) in [5, 5.41) is 11.3. The smallest absolute Gasteiger partial charge is 0.275 e. The van der Waals surface area contributed by atoms with Gasteiger partial charge >= 0.3 is 0 Å². The minimum Gasteiger partial charge on any atom is -0.318 e. The van der Waals surface area contributed by atoms with Crippen LogP contribution < -0.4 is 5.32 Å². The molecule has 2 aromatic heterocycles. The van der Waals surface area contributed by atoms with Crippen molar-refractivity contribution in [3.8, 4) is 0 Å². The molecule has 1 aromatic carbocycles. The lowest BCUT2D eigenvalue weighted by Gasteiger charge is -2.05. The number of halogens is 3. The molecule has 3 aromatic rings. The van der Waals surface area contributed by atoms with Gasteiger partial charge in [0.05, 0.1) is 29.6 Å². The summed E-state index contributed by atoms with van der Waals surface area (Å²) in [6.45, 7) is 0.349. The molecule has 0 atom stereocenters. The molecule has 0 saturated carbocycles. The molecule has 6 nitrogen and oxygen atoms in total. The van der Waals surface area contributed by atoms with Crippen LogP contribution in [0.2, 0.25) is 10.0 Å². The van der Waals surface area contributed by atoms with Gasteiger partial charge in [0.15, 0.2) is 0 Å². The second kappa shape index (κ2) is 6.62. The van der Waals surface area contributed by atoms with Gasteiger partial charge in [0.2, 0.25) is 0 Å². The summed E-state index contributed by atoms with van der Waals surface area (Å²) in [7, 11) is 1.63. The van der Waals surface area contributed by atoms with Gasteiger partial charge in [-0.3, -0.25) is 14.2 Å². The molecule has 0 aliphatic rings. The Morgan fingerprint density at radius 2 is 2.04 bits per heavy atom. The third kappa shape index (κ3) is 3.42. The van der Waals surface area contributed by atoms with Gasteiger partial charge < -0.3 is 5.32 Å². The molecular formula is C15H12Cl2FN5O. The Kier molecular flexibility index (Phi) is 4.55. The first-order valence-corrected chi connectivity index (χ1v) is 7.65. The Hall–Kier alpha value is -2.38. The van der Waals surface area contributed by atoms with E-state index in [2.05, 4.69) is 15.5 Å². The van der Waals surface area contributed by atoms with Crippen molar-refractivity contribution < 1.29 is 9.18 Å². The molecule has 0 saturated heterocycles. The van der Waals surface area contributed by atoms with Crippen LogP contribution in [0.25, 0.3) is 0 Å². The fourth-order valence-electron chi connectivity index (χ4n) is 2.20. The van der Waals surface area contributed by atoms with Gasteiger partial charge in [-0.05, 0) is 17.7 Å². The second-order valence-corrected chi connectivity index (χ2v) is 5.90. The maximum Gasteiger partial charge on any atom is 0.275 e. The SMILES string of the molecule is Cn1ncc(Cl)c1C(=O)Nc1cnn(Cc2ccc(F)cc2Cl)c1. The number of anilines is 1. The lowest BCUT2D eigenvalue weighted by Crippen LogP contribution is -2.16. The van der Waals surface area contributed by atoms with Crippen LogP contribution >= 0.6 is 23.2 Å². The number of nitrogens with one attached hydrogen (secondary N) is 1. The average Bonchev–Trinajstić information content (AvgIpc) is 3.08. The zero-order chi connectivity index (χ0) is 17.3. The first-order chi connectivity index (χ1) is 11.4. The minimum atomic E-state index is -0.398. The molecule has 0 fully saturated rings. The van der Waals surface area contributed by atoms with E-state index in [1.807, 2.05) is 0 Å². The van der Waals surface area contributed by atoms with Crippen molar-refractivity contribution in [1.82, 2.24) is 19.6 Å². The predicted octanol–water partition coefficient (Wildman–Crippen LogP) is 3.36. The number of carbonyl (C=O) groups is 1. The van der Waals surface area contributed by atoms with Crippen molar-refractivity contribution in [1.29, 1.82) is 0 Å². The van der Waals surface area contributed by atoms with Crippen LogP contribution in [0.3, 0.4) is 0 Å². The molecule has 9 heteroatoms. The summed E-state index contributed by atoms with van der Waals surface area (Å²) < 4.78 is 16.0. The van der Waals surface area contributed by atoms with E-state index in [4.69, 9.17) is 23.2 Å². The van der Waals surface area contributed by atoms with Crippen LogP contribution in [-0.4, -0.2) is 25.5 Å². The molecule has 24 heavy (non-hydrogen) atoms. The van der Waals surface area contributed by atoms with Crippen molar-refractivity contribution in [2.75, 3.05) is 5.32 Å². The summed E-state index contributed by atoms with van der Waals surface area (Å²) in [5.41, 5.74) is 1.47. The molecule has 0 aliphatic carbocycles. The molecular weight excluding hydrogens is 356 g/mol. The molecule has 0 spiro atoms. The van der Waals surface area contributed by atoms with Gasteiger partial charge in [0.25, 0.3) is 5.91 Å². The lowest BCUT2D eigenvalue weighted by molar-refractivity contribution is 0.101. The van der Waals surface area contributed by atoms with Crippen molar-refractivity contribution >= 4 is 34.8 Å². The molecule has 0 bridgehead atoms.